The van der Waals surface area contributed by atoms with Crippen molar-refractivity contribution in [3.05, 3.63) is 24.8 Å². The monoisotopic (exact) mass is 294 g/mol. The summed E-state index contributed by atoms with van der Waals surface area (Å²) in [4.78, 5) is 10.3. The zero-order chi connectivity index (χ0) is 15.6. The number of hydrogen-bond donors (Lipinski definition) is 1. The van der Waals surface area contributed by atoms with Gasteiger partial charge in [0.1, 0.15) is 0 Å². The molecular formula is C19H34O2. The fourth-order valence-electron chi connectivity index (χ4n) is 2.50. The number of aliphatic carboxylic acids is 1. The van der Waals surface area contributed by atoms with Crippen LogP contribution >= 0.6 is 0 Å². The van der Waals surface area contributed by atoms with Crippen LogP contribution in [0.25, 0.3) is 0 Å². The van der Waals surface area contributed by atoms with Gasteiger partial charge in [0.25, 0.3) is 0 Å². The standard InChI is InChI=1S/C19H34O2/c1-2-3-4-5-6-7-8-9-10-11-12-13-14-15-16-17-18-19(20)21/h2-4H,1,5-18H2,(H,20,21)/b4-3-. The number of rotatable bonds is 16. The Morgan fingerprint density at radius 2 is 1.19 bits per heavy atom. The normalized spacial score (nSPS) is 11.0. The van der Waals surface area contributed by atoms with Gasteiger partial charge in [0.2, 0.25) is 0 Å². The van der Waals surface area contributed by atoms with Crippen molar-refractivity contribution in [2.75, 3.05) is 0 Å². The second-order valence-corrected chi connectivity index (χ2v) is 5.84. The predicted octanol–water partition coefficient (Wildman–Crippen LogP) is 6.27. The van der Waals surface area contributed by atoms with Gasteiger partial charge in [0.05, 0.1) is 0 Å². The highest BCUT2D eigenvalue weighted by atomic mass is 16.4. The smallest absolute Gasteiger partial charge is 0.303 e. The van der Waals surface area contributed by atoms with E-state index >= 15 is 0 Å². The minimum Gasteiger partial charge on any atom is -0.481 e. The number of unbranched alkanes of at least 4 members (excludes halogenated alkanes) is 12. The Bertz CT molecular complexity index is 269. The zero-order valence-electron chi connectivity index (χ0n) is 13.7. The third kappa shape index (κ3) is 18.9. The third-order valence-corrected chi connectivity index (χ3v) is 3.78. The molecule has 0 aliphatic rings. The number of carboxylic acids is 1. The van der Waals surface area contributed by atoms with E-state index in [1.54, 1.807) is 0 Å². The van der Waals surface area contributed by atoms with Crippen LogP contribution in [0.4, 0.5) is 0 Å². The highest BCUT2D eigenvalue weighted by molar-refractivity contribution is 5.66. The fraction of sp³-hybridized carbons (Fsp3) is 0.737. The summed E-state index contributed by atoms with van der Waals surface area (Å²) in [5, 5.41) is 8.52. The number of carboxylic acid groups (broad SMARTS) is 1. The second kappa shape index (κ2) is 17.0. The lowest BCUT2D eigenvalue weighted by Gasteiger charge is -2.02. The largest absolute Gasteiger partial charge is 0.481 e. The number of carbonyl (C=O) groups is 1. The van der Waals surface area contributed by atoms with Crippen molar-refractivity contribution in [2.24, 2.45) is 0 Å². The van der Waals surface area contributed by atoms with E-state index in [1.807, 2.05) is 12.2 Å². The van der Waals surface area contributed by atoms with E-state index in [4.69, 9.17) is 5.11 Å². The van der Waals surface area contributed by atoms with Crippen LogP contribution in [0.1, 0.15) is 89.9 Å². The summed E-state index contributed by atoms with van der Waals surface area (Å²) >= 11 is 0. The van der Waals surface area contributed by atoms with E-state index in [-0.39, 0.29) is 0 Å². The maximum Gasteiger partial charge on any atom is 0.303 e. The molecule has 0 aromatic carbocycles. The van der Waals surface area contributed by atoms with Crippen molar-refractivity contribution < 1.29 is 9.90 Å². The zero-order valence-corrected chi connectivity index (χ0v) is 13.7. The Hall–Kier alpha value is -1.05. The van der Waals surface area contributed by atoms with Gasteiger partial charge in [-0.25, -0.2) is 0 Å². The summed E-state index contributed by atoms with van der Waals surface area (Å²) in [6.07, 6.45) is 22.8. The molecule has 0 aliphatic heterocycles. The molecule has 2 heteroatoms. The molecule has 0 saturated carbocycles. The van der Waals surface area contributed by atoms with Crippen LogP contribution in [0.3, 0.4) is 0 Å². The van der Waals surface area contributed by atoms with Gasteiger partial charge in [-0.05, 0) is 19.3 Å². The van der Waals surface area contributed by atoms with Gasteiger partial charge >= 0.3 is 5.97 Å². The average Bonchev–Trinajstić information content (AvgIpc) is 2.46. The van der Waals surface area contributed by atoms with Crippen LogP contribution in [0.2, 0.25) is 0 Å². The Morgan fingerprint density at radius 3 is 1.62 bits per heavy atom. The predicted molar refractivity (Wildman–Crippen MR) is 91.6 cm³/mol. The van der Waals surface area contributed by atoms with Gasteiger partial charge in [-0.1, -0.05) is 89.0 Å². The van der Waals surface area contributed by atoms with Gasteiger partial charge in [0, 0.05) is 6.42 Å². The van der Waals surface area contributed by atoms with Gasteiger partial charge < -0.3 is 5.11 Å². The van der Waals surface area contributed by atoms with E-state index in [9.17, 15) is 4.79 Å². The molecule has 0 bridgehead atoms. The maximum absolute atomic E-state index is 10.3. The van der Waals surface area contributed by atoms with Crippen molar-refractivity contribution in [3.8, 4) is 0 Å². The van der Waals surface area contributed by atoms with E-state index in [0.29, 0.717) is 6.42 Å². The highest BCUT2D eigenvalue weighted by Gasteiger charge is 1.96. The quantitative estimate of drug-likeness (QED) is 0.269. The first kappa shape index (κ1) is 19.9. The van der Waals surface area contributed by atoms with Crippen LogP contribution in [0, 0.1) is 0 Å². The molecule has 0 radical (unpaired) electrons. The van der Waals surface area contributed by atoms with Crippen LogP contribution in [-0.2, 0) is 4.79 Å². The van der Waals surface area contributed by atoms with Crippen molar-refractivity contribution in [2.45, 2.75) is 89.9 Å². The Morgan fingerprint density at radius 1 is 0.762 bits per heavy atom. The molecule has 2 nitrogen and oxygen atoms in total. The van der Waals surface area contributed by atoms with E-state index in [2.05, 4.69) is 12.7 Å². The summed E-state index contributed by atoms with van der Waals surface area (Å²) < 4.78 is 0. The molecule has 0 aromatic heterocycles. The molecule has 0 unspecified atom stereocenters. The van der Waals surface area contributed by atoms with Gasteiger partial charge in [0.15, 0.2) is 0 Å². The van der Waals surface area contributed by atoms with Crippen LogP contribution < -0.4 is 0 Å². The molecule has 122 valence electrons. The summed E-state index contributed by atoms with van der Waals surface area (Å²) in [6, 6.07) is 0. The third-order valence-electron chi connectivity index (χ3n) is 3.78. The summed E-state index contributed by atoms with van der Waals surface area (Å²) in [6.45, 7) is 3.66. The molecule has 0 rings (SSSR count). The highest BCUT2D eigenvalue weighted by Crippen LogP contribution is 2.13. The minimum absolute atomic E-state index is 0.337. The first-order chi connectivity index (χ1) is 10.3. The van der Waals surface area contributed by atoms with Crippen molar-refractivity contribution in [1.29, 1.82) is 0 Å². The molecule has 0 amide bonds. The number of hydrogen-bond acceptors (Lipinski definition) is 1. The lowest BCUT2D eigenvalue weighted by molar-refractivity contribution is -0.137. The maximum atomic E-state index is 10.3. The average molecular weight is 294 g/mol. The summed E-state index contributed by atoms with van der Waals surface area (Å²) in [5.74, 6) is -0.660. The Kier molecular flexibility index (Phi) is 16.2. The Balaban J connectivity index is 3.01. The minimum atomic E-state index is -0.660. The van der Waals surface area contributed by atoms with Gasteiger partial charge in [-0.3, -0.25) is 4.79 Å². The van der Waals surface area contributed by atoms with Crippen LogP contribution in [0.5, 0.6) is 0 Å². The van der Waals surface area contributed by atoms with Crippen molar-refractivity contribution in [1.82, 2.24) is 0 Å². The molecule has 0 saturated heterocycles. The second-order valence-electron chi connectivity index (χ2n) is 5.84. The first-order valence-corrected chi connectivity index (χ1v) is 8.76. The molecule has 21 heavy (non-hydrogen) atoms. The van der Waals surface area contributed by atoms with Crippen LogP contribution in [-0.4, -0.2) is 11.1 Å². The molecule has 0 heterocycles. The molecule has 0 atom stereocenters. The van der Waals surface area contributed by atoms with Gasteiger partial charge in [-0.15, -0.1) is 0 Å². The molecular weight excluding hydrogens is 260 g/mol. The summed E-state index contributed by atoms with van der Waals surface area (Å²) in [7, 11) is 0. The van der Waals surface area contributed by atoms with E-state index < -0.39 is 5.97 Å². The van der Waals surface area contributed by atoms with Gasteiger partial charge in [-0.2, -0.15) is 0 Å². The lowest BCUT2D eigenvalue weighted by Crippen LogP contribution is -1.93. The molecule has 0 spiro atoms. The fourth-order valence-corrected chi connectivity index (χ4v) is 2.50. The van der Waals surface area contributed by atoms with Crippen molar-refractivity contribution >= 4 is 5.97 Å². The van der Waals surface area contributed by atoms with Crippen LogP contribution in [0.15, 0.2) is 24.8 Å². The molecule has 0 aliphatic carbocycles. The number of allylic oxidation sites excluding steroid dienone is 3. The topological polar surface area (TPSA) is 37.3 Å². The lowest BCUT2D eigenvalue weighted by atomic mass is 10.0. The Labute approximate surface area is 131 Å². The van der Waals surface area contributed by atoms with E-state index in [1.165, 1.54) is 70.6 Å². The first-order valence-electron chi connectivity index (χ1n) is 8.76. The molecule has 0 fully saturated rings. The van der Waals surface area contributed by atoms with Crippen molar-refractivity contribution in [3.63, 3.8) is 0 Å². The summed E-state index contributed by atoms with van der Waals surface area (Å²) in [5.41, 5.74) is 0. The molecule has 1 N–H and O–H groups in total. The SMILES string of the molecule is C=C/C=C\CCCCCCCCCCCCCCC(=O)O. The molecule has 0 aromatic rings. The van der Waals surface area contributed by atoms with E-state index in [0.717, 1.165) is 12.8 Å².